The zero-order valence-corrected chi connectivity index (χ0v) is 17.7. The molecular formula is C21H12ClF2NO3S2. The molecule has 2 aromatic carbocycles. The Morgan fingerprint density at radius 1 is 1.17 bits per heavy atom. The van der Waals surface area contributed by atoms with E-state index in [0.717, 1.165) is 23.9 Å². The first-order chi connectivity index (χ1) is 14.4. The number of hydrogen-bond acceptors (Lipinski definition) is 5. The second-order valence-electron chi connectivity index (χ2n) is 6.16. The van der Waals surface area contributed by atoms with Crippen LogP contribution in [0.25, 0.3) is 17.4 Å². The van der Waals surface area contributed by atoms with Gasteiger partial charge in [-0.25, -0.2) is 8.78 Å². The van der Waals surface area contributed by atoms with Crippen molar-refractivity contribution >= 4 is 57.6 Å². The summed E-state index contributed by atoms with van der Waals surface area (Å²) in [5, 5.41) is 0.352. The van der Waals surface area contributed by atoms with Gasteiger partial charge in [0.25, 0.3) is 5.91 Å². The van der Waals surface area contributed by atoms with Crippen molar-refractivity contribution in [3.63, 3.8) is 0 Å². The van der Waals surface area contributed by atoms with Crippen molar-refractivity contribution in [3.05, 3.63) is 75.9 Å². The van der Waals surface area contributed by atoms with Crippen molar-refractivity contribution in [2.75, 3.05) is 12.0 Å². The molecule has 0 saturated carbocycles. The fourth-order valence-electron chi connectivity index (χ4n) is 2.88. The van der Waals surface area contributed by atoms with Gasteiger partial charge in [-0.1, -0.05) is 35.6 Å². The first kappa shape index (κ1) is 20.6. The fourth-order valence-corrected chi connectivity index (χ4v) is 4.41. The maximum atomic E-state index is 14.0. The summed E-state index contributed by atoms with van der Waals surface area (Å²) in [6.07, 6.45) is 1.52. The highest BCUT2D eigenvalue weighted by Gasteiger charge is 2.34. The van der Waals surface area contributed by atoms with Gasteiger partial charge in [0.1, 0.15) is 28.9 Å². The number of nitrogens with zero attached hydrogens (tertiary/aromatic N) is 1. The van der Waals surface area contributed by atoms with Crippen LogP contribution in [0.4, 0.5) is 14.5 Å². The fraction of sp³-hybridized carbons (Fsp3) is 0.0476. The molecule has 4 rings (SSSR count). The van der Waals surface area contributed by atoms with E-state index >= 15 is 0 Å². The molecule has 1 amide bonds. The Balaban J connectivity index is 1.61. The molecular weight excluding hydrogens is 452 g/mol. The Kier molecular flexibility index (Phi) is 5.64. The number of anilines is 1. The average Bonchev–Trinajstić information content (AvgIpc) is 3.26. The Morgan fingerprint density at radius 2 is 1.97 bits per heavy atom. The number of thioether (sulfide) groups is 1. The van der Waals surface area contributed by atoms with Gasteiger partial charge in [-0.2, -0.15) is 0 Å². The Morgan fingerprint density at radius 3 is 2.67 bits per heavy atom. The van der Waals surface area contributed by atoms with E-state index in [2.05, 4.69) is 0 Å². The minimum Gasteiger partial charge on any atom is -0.495 e. The highest BCUT2D eigenvalue weighted by atomic mass is 35.5. The van der Waals surface area contributed by atoms with E-state index in [4.69, 9.17) is 33.0 Å². The van der Waals surface area contributed by atoms with Gasteiger partial charge in [0, 0.05) is 12.1 Å². The topological polar surface area (TPSA) is 42.7 Å². The van der Waals surface area contributed by atoms with E-state index in [-0.39, 0.29) is 17.2 Å². The molecule has 30 heavy (non-hydrogen) atoms. The molecule has 0 N–H and O–H groups in total. The molecule has 1 aromatic heterocycles. The van der Waals surface area contributed by atoms with Gasteiger partial charge in [-0.15, -0.1) is 0 Å². The lowest BCUT2D eigenvalue weighted by Gasteiger charge is -2.15. The number of amides is 1. The molecule has 0 radical (unpaired) electrons. The van der Waals surface area contributed by atoms with Crippen LogP contribution in [0.2, 0.25) is 5.02 Å². The van der Waals surface area contributed by atoms with Crippen LogP contribution in [0.5, 0.6) is 5.75 Å². The summed E-state index contributed by atoms with van der Waals surface area (Å²) < 4.78 is 38.2. The molecule has 0 bridgehead atoms. The van der Waals surface area contributed by atoms with Gasteiger partial charge in [0.05, 0.1) is 28.3 Å². The quantitative estimate of drug-likeness (QED) is 0.336. The summed E-state index contributed by atoms with van der Waals surface area (Å²) in [5.41, 5.74) is 0.636. The van der Waals surface area contributed by atoms with E-state index in [1.807, 2.05) is 0 Å². The van der Waals surface area contributed by atoms with E-state index in [1.165, 1.54) is 24.2 Å². The molecule has 1 aliphatic heterocycles. The van der Waals surface area contributed by atoms with Crippen LogP contribution in [-0.2, 0) is 4.79 Å². The number of carbonyl (C=O) groups excluding carboxylic acids is 1. The Bertz CT molecular complexity index is 1210. The van der Waals surface area contributed by atoms with Crippen LogP contribution < -0.4 is 9.64 Å². The summed E-state index contributed by atoms with van der Waals surface area (Å²) in [7, 11) is 1.50. The van der Waals surface area contributed by atoms with E-state index in [1.54, 1.807) is 30.3 Å². The lowest BCUT2D eigenvalue weighted by molar-refractivity contribution is -0.113. The van der Waals surface area contributed by atoms with Crippen LogP contribution in [0.3, 0.4) is 0 Å². The van der Waals surface area contributed by atoms with E-state index in [0.29, 0.717) is 31.4 Å². The number of rotatable bonds is 4. The average molecular weight is 464 g/mol. The van der Waals surface area contributed by atoms with Gasteiger partial charge in [-0.3, -0.25) is 9.69 Å². The van der Waals surface area contributed by atoms with Crippen molar-refractivity contribution in [3.8, 4) is 17.1 Å². The molecule has 0 aliphatic carbocycles. The van der Waals surface area contributed by atoms with Crippen LogP contribution in [0, 0.1) is 11.6 Å². The summed E-state index contributed by atoms with van der Waals surface area (Å²) in [6, 6.07) is 11.3. The number of furan rings is 1. The minimum absolute atomic E-state index is 0.122. The normalized spacial score (nSPS) is 15.3. The molecule has 2 heterocycles. The van der Waals surface area contributed by atoms with Gasteiger partial charge in [0.2, 0.25) is 0 Å². The van der Waals surface area contributed by atoms with E-state index in [9.17, 15) is 13.6 Å². The summed E-state index contributed by atoms with van der Waals surface area (Å²) in [5.74, 6) is -0.711. The number of thiocarbonyl (C=S) groups is 1. The number of methoxy groups -OCH3 is 1. The largest absolute Gasteiger partial charge is 0.495 e. The third-order valence-corrected chi connectivity index (χ3v) is 5.88. The van der Waals surface area contributed by atoms with Crippen LogP contribution in [0.15, 0.2) is 57.9 Å². The van der Waals surface area contributed by atoms with Crippen LogP contribution in [0.1, 0.15) is 5.76 Å². The third kappa shape index (κ3) is 3.86. The monoisotopic (exact) mass is 463 g/mol. The zero-order chi connectivity index (χ0) is 21.4. The maximum absolute atomic E-state index is 14.0. The lowest BCUT2D eigenvalue weighted by atomic mass is 10.1. The maximum Gasteiger partial charge on any atom is 0.270 e. The molecule has 0 spiro atoms. The summed E-state index contributed by atoms with van der Waals surface area (Å²) >= 11 is 12.6. The Hall–Kier alpha value is -2.68. The van der Waals surface area contributed by atoms with Gasteiger partial charge >= 0.3 is 0 Å². The van der Waals surface area contributed by atoms with Crippen molar-refractivity contribution in [1.29, 1.82) is 0 Å². The SMILES string of the molecule is COc1ccc(N2C(=O)/C(=C/c3ccc(-c4ccc(F)cc4F)o3)SC2=S)cc1Cl. The minimum atomic E-state index is -0.737. The van der Waals surface area contributed by atoms with Crippen LogP contribution in [-0.4, -0.2) is 17.3 Å². The highest BCUT2D eigenvalue weighted by Crippen LogP contribution is 2.39. The molecule has 1 aliphatic rings. The van der Waals surface area contributed by atoms with E-state index < -0.39 is 11.6 Å². The molecule has 9 heteroatoms. The number of ether oxygens (including phenoxy) is 1. The van der Waals surface area contributed by atoms with Gasteiger partial charge < -0.3 is 9.15 Å². The molecule has 0 atom stereocenters. The Labute approximate surface area is 185 Å². The van der Waals surface area contributed by atoms with Crippen molar-refractivity contribution < 1.29 is 22.7 Å². The van der Waals surface area contributed by atoms with Crippen molar-refractivity contribution in [1.82, 2.24) is 0 Å². The smallest absolute Gasteiger partial charge is 0.270 e. The number of carbonyl (C=O) groups is 1. The second kappa shape index (κ2) is 8.22. The lowest BCUT2D eigenvalue weighted by Crippen LogP contribution is -2.27. The molecule has 1 fully saturated rings. The van der Waals surface area contributed by atoms with Gasteiger partial charge in [-0.05, 0) is 42.5 Å². The van der Waals surface area contributed by atoms with Crippen LogP contribution >= 0.6 is 35.6 Å². The molecule has 4 nitrogen and oxygen atoms in total. The first-order valence-corrected chi connectivity index (χ1v) is 10.1. The highest BCUT2D eigenvalue weighted by molar-refractivity contribution is 8.27. The summed E-state index contributed by atoms with van der Waals surface area (Å²) in [4.78, 5) is 14.6. The molecule has 1 saturated heterocycles. The number of halogens is 3. The van der Waals surface area contributed by atoms with Crippen molar-refractivity contribution in [2.45, 2.75) is 0 Å². The predicted molar refractivity (Wildman–Crippen MR) is 118 cm³/mol. The van der Waals surface area contributed by atoms with Crippen molar-refractivity contribution in [2.24, 2.45) is 0 Å². The third-order valence-electron chi connectivity index (χ3n) is 4.28. The number of hydrogen-bond donors (Lipinski definition) is 0. The number of benzene rings is 2. The first-order valence-electron chi connectivity index (χ1n) is 8.54. The second-order valence-corrected chi connectivity index (χ2v) is 8.25. The van der Waals surface area contributed by atoms with Gasteiger partial charge in [0.15, 0.2) is 4.32 Å². The summed E-state index contributed by atoms with van der Waals surface area (Å²) in [6.45, 7) is 0. The zero-order valence-electron chi connectivity index (χ0n) is 15.3. The molecule has 0 unspecified atom stereocenters. The molecule has 3 aromatic rings. The predicted octanol–water partition coefficient (Wildman–Crippen LogP) is 6.29. The molecule has 152 valence electrons. The standard InChI is InChI=1S/C21H12ClF2NO3S2/c1-27-18-6-3-12(9-15(18)22)25-20(26)19(30-21(25)29)10-13-4-7-17(28-13)14-5-2-11(23)8-16(14)24/h2-10H,1H3/b19-10-.